The highest BCUT2D eigenvalue weighted by atomic mass is 32.1. The molecule has 1 aliphatic rings. The Hall–Kier alpha value is -3.69. The van der Waals surface area contributed by atoms with E-state index < -0.39 is 17.7 Å². The summed E-state index contributed by atoms with van der Waals surface area (Å²) in [6, 6.07) is 15.7. The molecule has 0 bridgehead atoms. The van der Waals surface area contributed by atoms with Gasteiger partial charge in [0.2, 0.25) is 5.78 Å². The number of amides is 1. The van der Waals surface area contributed by atoms with E-state index in [1.54, 1.807) is 30.7 Å². The second-order valence-corrected chi connectivity index (χ2v) is 9.92. The number of fused-ring (bicyclic) bond motifs is 1. The Kier molecular flexibility index (Phi) is 5.59. The number of thiophene rings is 1. The molecule has 0 saturated heterocycles. The molecule has 1 amide bonds. The number of Topliss-reactive ketones (excluding diaryl/α,β-unsaturated/α-hetero) is 1. The van der Waals surface area contributed by atoms with Gasteiger partial charge < -0.3 is 14.7 Å². The van der Waals surface area contributed by atoms with E-state index in [1.165, 1.54) is 27.6 Å². The fourth-order valence-electron chi connectivity index (χ4n) is 3.97. The Labute approximate surface area is 204 Å². The highest BCUT2D eigenvalue weighted by molar-refractivity contribution is 7.22. The largest absolute Gasteiger partial charge is 0.503 e. The lowest BCUT2D eigenvalue weighted by molar-refractivity contribution is -0.117. The summed E-state index contributed by atoms with van der Waals surface area (Å²) < 4.78 is 6.14. The van der Waals surface area contributed by atoms with Gasteiger partial charge in [0.1, 0.15) is 5.75 Å². The van der Waals surface area contributed by atoms with E-state index in [0.717, 1.165) is 10.4 Å². The average molecular weight is 492 g/mol. The van der Waals surface area contributed by atoms with Crippen molar-refractivity contribution in [3.63, 3.8) is 0 Å². The minimum Gasteiger partial charge on any atom is -0.503 e. The van der Waals surface area contributed by atoms with E-state index in [0.29, 0.717) is 26.8 Å². The number of methoxy groups -OCH3 is 1. The number of carbonyl (C=O) groups excluding carboxylic acids is 2. The van der Waals surface area contributed by atoms with E-state index >= 15 is 0 Å². The maximum atomic E-state index is 13.4. The van der Waals surface area contributed by atoms with Crippen LogP contribution in [0.5, 0.6) is 5.75 Å². The van der Waals surface area contributed by atoms with E-state index in [2.05, 4.69) is 4.98 Å². The number of ether oxygens (including phenoxy) is 1. The number of nitrogens with zero attached hydrogens (tertiary/aromatic N) is 3. The number of aliphatic hydroxyl groups is 1. The highest BCUT2D eigenvalue weighted by Crippen LogP contribution is 2.45. The molecule has 7 nitrogen and oxygen atoms in total. The summed E-state index contributed by atoms with van der Waals surface area (Å²) in [4.78, 5) is 35.3. The Morgan fingerprint density at radius 1 is 1.15 bits per heavy atom. The van der Waals surface area contributed by atoms with Gasteiger partial charge >= 0.3 is 0 Å². The van der Waals surface area contributed by atoms with Gasteiger partial charge in [-0.3, -0.25) is 14.5 Å². The third-order valence-electron chi connectivity index (χ3n) is 5.71. The summed E-state index contributed by atoms with van der Waals surface area (Å²) >= 11 is 2.58. The molecule has 2 aromatic carbocycles. The van der Waals surface area contributed by atoms with E-state index in [9.17, 15) is 14.7 Å². The number of hydrogen-bond acceptors (Lipinski definition) is 8. The van der Waals surface area contributed by atoms with Crippen LogP contribution in [0.4, 0.5) is 10.8 Å². The molecule has 5 rings (SSSR count). The molecule has 0 fully saturated rings. The van der Waals surface area contributed by atoms with Gasteiger partial charge in [-0.1, -0.05) is 29.5 Å². The lowest BCUT2D eigenvalue weighted by atomic mass is 9.95. The number of carbonyl (C=O) groups is 2. The van der Waals surface area contributed by atoms with Crippen molar-refractivity contribution in [3.8, 4) is 5.75 Å². The summed E-state index contributed by atoms with van der Waals surface area (Å²) in [6.07, 6.45) is 0. The molecular weight excluding hydrogens is 470 g/mol. The molecule has 1 N–H and O–H groups in total. The lowest BCUT2D eigenvalue weighted by Gasteiger charge is -2.25. The minimum atomic E-state index is -0.805. The molecule has 1 aliphatic heterocycles. The van der Waals surface area contributed by atoms with Crippen molar-refractivity contribution in [1.82, 2.24) is 4.98 Å². The van der Waals surface area contributed by atoms with Crippen molar-refractivity contribution < 1.29 is 19.4 Å². The molecule has 3 heterocycles. The molecule has 172 valence electrons. The maximum absolute atomic E-state index is 13.4. The molecule has 2 aromatic heterocycles. The van der Waals surface area contributed by atoms with Crippen LogP contribution in [0.3, 0.4) is 0 Å². The third-order valence-corrected chi connectivity index (χ3v) is 7.60. The third kappa shape index (κ3) is 3.63. The van der Waals surface area contributed by atoms with E-state index in [1.807, 2.05) is 55.4 Å². The van der Waals surface area contributed by atoms with Gasteiger partial charge in [-0.15, -0.1) is 11.3 Å². The Morgan fingerprint density at radius 3 is 2.56 bits per heavy atom. The molecule has 0 saturated carbocycles. The highest BCUT2D eigenvalue weighted by Gasteiger charge is 2.46. The van der Waals surface area contributed by atoms with Crippen LogP contribution in [-0.2, 0) is 4.79 Å². The first-order valence-corrected chi connectivity index (χ1v) is 12.2. The van der Waals surface area contributed by atoms with Crippen LogP contribution < -0.4 is 14.5 Å². The SMILES string of the molecule is COc1ccc2nc(N3C(=O)C(O)=C(C(=O)c4cccs4)C3c3ccc(N(C)C)cc3)sc2c1. The fraction of sp³-hybridized carbons (Fsp3) is 0.160. The summed E-state index contributed by atoms with van der Waals surface area (Å²) in [7, 11) is 5.46. The smallest absolute Gasteiger partial charge is 0.296 e. The molecule has 0 aliphatic carbocycles. The summed E-state index contributed by atoms with van der Waals surface area (Å²) in [5.74, 6) is -0.877. The van der Waals surface area contributed by atoms with Gasteiger partial charge in [0.25, 0.3) is 5.91 Å². The second-order valence-electron chi connectivity index (χ2n) is 7.96. The van der Waals surface area contributed by atoms with Crippen LogP contribution in [0.2, 0.25) is 0 Å². The Morgan fingerprint density at radius 2 is 1.91 bits per heavy atom. The number of benzene rings is 2. The number of aliphatic hydroxyl groups excluding tert-OH is 1. The van der Waals surface area contributed by atoms with Gasteiger partial charge in [0.15, 0.2) is 10.9 Å². The quantitative estimate of drug-likeness (QED) is 0.373. The number of aromatic nitrogens is 1. The van der Waals surface area contributed by atoms with Gasteiger partial charge in [-0.2, -0.15) is 0 Å². The van der Waals surface area contributed by atoms with Crippen molar-refractivity contribution in [2.45, 2.75) is 6.04 Å². The second kappa shape index (κ2) is 8.58. The van der Waals surface area contributed by atoms with Crippen molar-refractivity contribution >= 4 is 55.4 Å². The van der Waals surface area contributed by atoms with Crippen molar-refractivity contribution in [2.24, 2.45) is 0 Å². The first kappa shape index (κ1) is 22.1. The van der Waals surface area contributed by atoms with Crippen LogP contribution >= 0.6 is 22.7 Å². The summed E-state index contributed by atoms with van der Waals surface area (Å²) in [6.45, 7) is 0. The zero-order chi connectivity index (χ0) is 24.0. The maximum Gasteiger partial charge on any atom is 0.296 e. The van der Waals surface area contributed by atoms with Crippen molar-refractivity contribution in [3.05, 3.63) is 81.8 Å². The first-order valence-electron chi connectivity index (χ1n) is 10.5. The predicted molar refractivity (Wildman–Crippen MR) is 135 cm³/mol. The van der Waals surface area contributed by atoms with Gasteiger partial charge in [-0.05, 0) is 47.3 Å². The molecule has 1 atom stereocenters. The van der Waals surface area contributed by atoms with Gasteiger partial charge in [0, 0.05) is 19.8 Å². The van der Waals surface area contributed by atoms with Crippen LogP contribution in [0.25, 0.3) is 10.2 Å². The fourth-order valence-corrected chi connectivity index (χ4v) is 5.67. The van der Waals surface area contributed by atoms with Crippen LogP contribution in [0.15, 0.2) is 71.3 Å². The van der Waals surface area contributed by atoms with Crippen molar-refractivity contribution in [2.75, 3.05) is 31.0 Å². The molecule has 0 spiro atoms. The van der Waals surface area contributed by atoms with Crippen LogP contribution in [0.1, 0.15) is 21.3 Å². The normalized spacial score (nSPS) is 15.9. The zero-order valence-corrected chi connectivity index (χ0v) is 20.3. The predicted octanol–water partition coefficient (Wildman–Crippen LogP) is 5.22. The first-order chi connectivity index (χ1) is 16.4. The lowest BCUT2D eigenvalue weighted by Crippen LogP contribution is -2.31. The molecule has 4 aromatic rings. The summed E-state index contributed by atoms with van der Waals surface area (Å²) in [5, 5.41) is 13.1. The van der Waals surface area contributed by atoms with E-state index in [-0.39, 0.29) is 11.4 Å². The zero-order valence-electron chi connectivity index (χ0n) is 18.7. The van der Waals surface area contributed by atoms with Crippen molar-refractivity contribution in [1.29, 1.82) is 0 Å². The number of anilines is 2. The minimum absolute atomic E-state index is 0.0573. The average Bonchev–Trinajstić information content (AvgIpc) is 3.57. The molecule has 0 radical (unpaired) electrons. The number of ketones is 1. The molecular formula is C25H21N3O4S2. The Balaban J connectivity index is 1.66. The van der Waals surface area contributed by atoms with Gasteiger partial charge in [0.05, 0.1) is 33.8 Å². The summed E-state index contributed by atoms with van der Waals surface area (Å²) in [5.41, 5.74) is 2.44. The van der Waals surface area contributed by atoms with Crippen LogP contribution in [-0.4, -0.2) is 43.0 Å². The molecule has 9 heteroatoms. The monoisotopic (exact) mass is 491 g/mol. The van der Waals surface area contributed by atoms with E-state index in [4.69, 9.17) is 4.74 Å². The van der Waals surface area contributed by atoms with Crippen LogP contribution in [0, 0.1) is 0 Å². The number of thiazole rings is 1. The Bertz CT molecular complexity index is 1420. The topological polar surface area (TPSA) is 83.0 Å². The number of hydrogen-bond donors (Lipinski definition) is 1. The molecule has 34 heavy (non-hydrogen) atoms. The molecule has 1 unspecified atom stereocenters. The number of rotatable bonds is 6. The van der Waals surface area contributed by atoms with Gasteiger partial charge in [-0.25, -0.2) is 4.98 Å². The standard InChI is InChI=1S/C25H21N3O4S2/c1-27(2)15-8-6-14(7-9-15)21-20(22(29)18-5-4-12-33-18)23(30)24(31)28(21)25-26-17-11-10-16(32-3)13-19(17)34-25/h4-13,21,30H,1-3H3.